The summed E-state index contributed by atoms with van der Waals surface area (Å²) in [7, 11) is 1.76. The molecular weight excluding hydrogens is 394 g/mol. The van der Waals surface area contributed by atoms with Gasteiger partial charge in [0.05, 0.1) is 31.6 Å². The van der Waals surface area contributed by atoms with E-state index in [2.05, 4.69) is 32.0 Å². The molecule has 3 heterocycles. The first kappa shape index (κ1) is 22.1. The van der Waals surface area contributed by atoms with E-state index in [1.54, 1.807) is 13.2 Å². The number of aryl methyl sites for hydroxylation is 2. The van der Waals surface area contributed by atoms with Crippen LogP contribution in [0.1, 0.15) is 37.0 Å². The second kappa shape index (κ2) is 9.98. The second-order valence-electron chi connectivity index (χ2n) is 8.38. The average Bonchev–Trinajstić information content (AvgIpc) is 2.81. The van der Waals surface area contributed by atoms with Crippen molar-refractivity contribution in [2.45, 2.75) is 58.3 Å². The molecule has 2 aromatic rings. The zero-order valence-corrected chi connectivity index (χ0v) is 18.8. The number of pyridine rings is 1. The highest BCUT2D eigenvalue weighted by atomic mass is 16.6. The summed E-state index contributed by atoms with van der Waals surface area (Å²) in [5, 5.41) is 0. The van der Waals surface area contributed by atoms with E-state index in [1.165, 1.54) is 11.1 Å². The summed E-state index contributed by atoms with van der Waals surface area (Å²) in [5.41, 5.74) is 5.84. The third kappa shape index (κ3) is 4.86. The largest absolute Gasteiger partial charge is 0.490 e. The van der Waals surface area contributed by atoms with Crippen molar-refractivity contribution in [3.8, 4) is 17.0 Å². The van der Waals surface area contributed by atoms with Crippen molar-refractivity contribution in [2.24, 2.45) is 0 Å². The molecule has 2 aliphatic rings. The number of aromatic nitrogens is 1. The molecule has 1 saturated heterocycles. The number of ether oxygens (including phenoxy) is 4. The minimum Gasteiger partial charge on any atom is -0.490 e. The Morgan fingerprint density at radius 3 is 2.87 bits per heavy atom. The van der Waals surface area contributed by atoms with Crippen molar-refractivity contribution >= 4 is 0 Å². The van der Waals surface area contributed by atoms with Gasteiger partial charge in [0.25, 0.3) is 5.56 Å². The van der Waals surface area contributed by atoms with Gasteiger partial charge in [-0.1, -0.05) is 25.1 Å². The molecule has 0 radical (unpaired) electrons. The lowest BCUT2D eigenvalue weighted by Gasteiger charge is -2.27. The molecule has 4 rings (SSSR count). The zero-order valence-electron chi connectivity index (χ0n) is 18.8. The van der Waals surface area contributed by atoms with Gasteiger partial charge in [0, 0.05) is 30.8 Å². The van der Waals surface area contributed by atoms with Crippen LogP contribution in [0.3, 0.4) is 0 Å². The Morgan fingerprint density at radius 1 is 1.26 bits per heavy atom. The first-order chi connectivity index (χ1) is 15.1. The van der Waals surface area contributed by atoms with Gasteiger partial charge in [0.2, 0.25) is 0 Å². The smallest absolute Gasteiger partial charge is 0.254 e. The maximum Gasteiger partial charge on any atom is 0.254 e. The van der Waals surface area contributed by atoms with Crippen molar-refractivity contribution in [3.05, 3.63) is 51.3 Å². The Bertz CT molecular complexity index is 961. The van der Waals surface area contributed by atoms with E-state index >= 15 is 0 Å². The fourth-order valence-corrected chi connectivity index (χ4v) is 4.44. The van der Waals surface area contributed by atoms with Crippen LogP contribution in [0.2, 0.25) is 0 Å². The van der Waals surface area contributed by atoms with E-state index in [1.807, 2.05) is 4.57 Å². The quantitative estimate of drug-likeness (QED) is 0.646. The molecule has 0 amide bonds. The summed E-state index contributed by atoms with van der Waals surface area (Å²) in [6, 6.07) is 8.29. The van der Waals surface area contributed by atoms with E-state index in [9.17, 15) is 4.79 Å². The van der Waals surface area contributed by atoms with Crippen molar-refractivity contribution in [1.82, 2.24) is 4.57 Å². The van der Waals surface area contributed by atoms with Crippen LogP contribution >= 0.6 is 0 Å². The van der Waals surface area contributed by atoms with Crippen LogP contribution in [0.4, 0.5) is 0 Å². The number of nitrogens with zero attached hydrogens (tertiary/aromatic N) is 1. The molecular formula is C25H33NO5. The molecule has 2 atom stereocenters. The van der Waals surface area contributed by atoms with Crippen LogP contribution in [0.15, 0.2) is 29.1 Å². The Balaban J connectivity index is 1.63. The molecule has 2 aliphatic heterocycles. The predicted octanol–water partition coefficient (Wildman–Crippen LogP) is 3.40. The lowest BCUT2D eigenvalue weighted by atomic mass is 9.90. The normalized spacial score (nSPS) is 18.9. The molecule has 0 spiro atoms. The summed E-state index contributed by atoms with van der Waals surface area (Å²) in [4.78, 5) is 12.9. The van der Waals surface area contributed by atoms with Crippen LogP contribution in [0, 0.1) is 0 Å². The van der Waals surface area contributed by atoms with Gasteiger partial charge >= 0.3 is 0 Å². The molecule has 6 heteroatoms. The lowest BCUT2D eigenvalue weighted by Crippen LogP contribution is -2.34. The van der Waals surface area contributed by atoms with Crippen molar-refractivity contribution in [3.63, 3.8) is 0 Å². The highest BCUT2D eigenvalue weighted by Gasteiger charge is 2.24. The molecule has 1 aromatic heterocycles. The summed E-state index contributed by atoms with van der Waals surface area (Å²) in [6.07, 6.45) is 3.80. The van der Waals surface area contributed by atoms with E-state index in [4.69, 9.17) is 18.9 Å². The topological polar surface area (TPSA) is 58.9 Å². The molecule has 0 bridgehead atoms. The molecule has 168 valence electrons. The molecule has 1 aromatic carbocycles. The van der Waals surface area contributed by atoms with Crippen LogP contribution < -0.4 is 10.3 Å². The predicted molar refractivity (Wildman–Crippen MR) is 120 cm³/mol. The van der Waals surface area contributed by atoms with Gasteiger partial charge in [0.1, 0.15) is 18.5 Å². The molecule has 6 nitrogen and oxygen atoms in total. The number of hydrogen-bond acceptors (Lipinski definition) is 5. The summed E-state index contributed by atoms with van der Waals surface area (Å²) in [5.74, 6) is 0.666. The number of methoxy groups -OCH3 is 1. The molecule has 0 aliphatic carbocycles. The molecule has 31 heavy (non-hydrogen) atoms. The van der Waals surface area contributed by atoms with Gasteiger partial charge < -0.3 is 23.5 Å². The van der Waals surface area contributed by atoms with Gasteiger partial charge in [-0.3, -0.25) is 4.79 Å². The SMILES string of the molecule is CCc1c(OC[C@@H]2COCCO2)cc(=O)n2c1-c1ccc(CCC(C)OC)cc1CC2. The minimum atomic E-state index is -0.0958. The number of rotatable bonds is 8. The Labute approximate surface area is 184 Å². The third-order valence-corrected chi connectivity index (χ3v) is 6.31. The highest BCUT2D eigenvalue weighted by molar-refractivity contribution is 5.71. The fourth-order valence-electron chi connectivity index (χ4n) is 4.44. The lowest BCUT2D eigenvalue weighted by molar-refractivity contribution is -0.101. The van der Waals surface area contributed by atoms with E-state index in [-0.39, 0.29) is 17.8 Å². The van der Waals surface area contributed by atoms with Crippen molar-refractivity contribution in [2.75, 3.05) is 33.5 Å². The average molecular weight is 428 g/mol. The summed E-state index contributed by atoms with van der Waals surface area (Å²) < 4.78 is 24.5. The highest BCUT2D eigenvalue weighted by Crippen LogP contribution is 2.36. The summed E-state index contributed by atoms with van der Waals surface area (Å²) in [6.45, 7) is 7.04. The molecule has 0 saturated carbocycles. The number of benzene rings is 1. The Kier molecular flexibility index (Phi) is 7.10. The zero-order chi connectivity index (χ0) is 21.8. The van der Waals surface area contributed by atoms with Crippen LogP contribution in [0.5, 0.6) is 5.75 Å². The standard InChI is InChI=1S/C25H33NO5/c1-4-21-23(31-16-20-15-29-11-12-30-20)14-24(27)26-10-9-19-13-18(6-5-17(2)28-3)7-8-22(19)25(21)26/h7-8,13-14,17,20H,4-6,9-12,15-16H2,1-3H3/t17?,20-/m0/s1. The first-order valence-electron chi connectivity index (χ1n) is 11.3. The Morgan fingerprint density at radius 2 is 2.13 bits per heavy atom. The van der Waals surface area contributed by atoms with E-state index in [0.717, 1.165) is 42.5 Å². The first-order valence-corrected chi connectivity index (χ1v) is 11.3. The van der Waals surface area contributed by atoms with Gasteiger partial charge in [-0.2, -0.15) is 0 Å². The minimum absolute atomic E-state index is 0.00772. The fraction of sp³-hybridized carbons (Fsp3) is 0.560. The molecule has 0 N–H and O–H groups in total. The Hall–Kier alpha value is -2.15. The van der Waals surface area contributed by atoms with Crippen molar-refractivity contribution < 1.29 is 18.9 Å². The van der Waals surface area contributed by atoms with Crippen molar-refractivity contribution in [1.29, 1.82) is 0 Å². The summed E-state index contributed by atoms with van der Waals surface area (Å²) >= 11 is 0. The third-order valence-electron chi connectivity index (χ3n) is 6.31. The number of fused-ring (bicyclic) bond motifs is 3. The van der Waals surface area contributed by atoms with Crippen LogP contribution in [-0.4, -0.2) is 50.3 Å². The van der Waals surface area contributed by atoms with Gasteiger partial charge in [-0.15, -0.1) is 0 Å². The maximum absolute atomic E-state index is 12.9. The van der Waals surface area contributed by atoms with Gasteiger partial charge in [-0.25, -0.2) is 0 Å². The van der Waals surface area contributed by atoms with E-state index < -0.39 is 0 Å². The van der Waals surface area contributed by atoms with Crippen LogP contribution in [-0.2, 0) is 40.0 Å². The van der Waals surface area contributed by atoms with Gasteiger partial charge in [-0.05, 0) is 43.7 Å². The van der Waals surface area contributed by atoms with Crippen LogP contribution in [0.25, 0.3) is 11.3 Å². The van der Waals surface area contributed by atoms with Gasteiger partial charge in [0.15, 0.2) is 0 Å². The molecule has 1 unspecified atom stereocenters. The van der Waals surface area contributed by atoms with E-state index in [0.29, 0.717) is 38.7 Å². The molecule has 1 fully saturated rings. The number of hydrogen-bond donors (Lipinski definition) is 0. The monoisotopic (exact) mass is 427 g/mol. The maximum atomic E-state index is 12.9. The second-order valence-corrected chi connectivity index (χ2v) is 8.38.